The molecule has 2 amide bonds. The quantitative estimate of drug-likeness (QED) is 0.894. The van der Waals surface area contributed by atoms with Crippen molar-refractivity contribution in [1.29, 1.82) is 0 Å². The number of halogens is 1. The summed E-state index contributed by atoms with van der Waals surface area (Å²) in [4.78, 5) is 27.9. The van der Waals surface area contributed by atoms with Crippen LogP contribution >= 0.6 is 11.6 Å². The molecule has 1 aliphatic rings. The Morgan fingerprint density at radius 2 is 1.77 bits per heavy atom. The van der Waals surface area contributed by atoms with E-state index in [0.717, 1.165) is 38.4 Å². The average Bonchev–Trinajstić information content (AvgIpc) is 2.95. The fourth-order valence-corrected chi connectivity index (χ4v) is 3.37. The lowest BCUT2D eigenvalue weighted by atomic mass is 10.1. The molecule has 26 heavy (non-hydrogen) atoms. The second kappa shape index (κ2) is 7.93. The minimum absolute atomic E-state index is 0.143. The Morgan fingerprint density at radius 3 is 2.31 bits per heavy atom. The molecule has 1 aromatic heterocycles. The molecule has 1 fully saturated rings. The van der Waals surface area contributed by atoms with Gasteiger partial charge in [-0.3, -0.25) is 14.5 Å². The highest BCUT2D eigenvalue weighted by molar-refractivity contribution is 6.31. The second-order valence-corrected chi connectivity index (χ2v) is 7.02. The zero-order valence-corrected chi connectivity index (χ0v) is 15.8. The van der Waals surface area contributed by atoms with Crippen LogP contribution < -0.4 is 5.32 Å². The standard InChI is InChI=1S/C19H23ClN4O2/c1-14(25)24-9-7-23(8-10-24)12-15-3-5-17(6-4-15)21-19(26)18-11-16(20)13-22(18)2/h3-6,11,13H,7-10,12H2,1-2H3,(H,21,26). The number of aryl methyl sites for hydroxylation is 1. The third-order valence-corrected chi connectivity index (χ3v) is 4.85. The molecule has 0 spiro atoms. The van der Waals surface area contributed by atoms with Crippen molar-refractivity contribution in [2.24, 2.45) is 7.05 Å². The van der Waals surface area contributed by atoms with Crippen LogP contribution in [0.25, 0.3) is 0 Å². The highest BCUT2D eigenvalue weighted by Gasteiger charge is 2.18. The van der Waals surface area contributed by atoms with Gasteiger partial charge in [0.1, 0.15) is 5.69 Å². The molecule has 0 aliphatic carbocycles. The van der Waals surface area contributed by atoms with Gasteiger partial charge in [0, 0.05) is 58.6 Å². The molecule has 1 N–H and O–H groups in total. The number of nitrogens with one attached hydrogen (secondary N) is 1. The maximum Gasteiger partial charge on any atom is 0.272 e. The van der Waals surface area contributed by atoms with Crippen LogP contribution in [-0.4, -0.2) is 52.4 Å². The first-order valence-electron chi connectivity index (χ1n) is 8.62. The van der Waals surface area contributed by atoms with E-state index in [1.54, 1.807) is 30.8 Å². The summed E-state index contributed by atoms with van der Waals surface area (Å²) in [6.07, 6.45) is 1.70. The number of rotatable bonds is 4. The number of anilines is 1. The number of aromatic nitrogens is 1. The zero-order valence-electron chi connectivity index (χ0n) is 15.0. The van der Waals surface area contributed by atoms with Crippen LogP contribution in [0.15, 0.2) is 36.5 Å². The van der Waals surface area contributed by atoms with Crippen LogP contribution in [0.3, 0.4) is 0 Å². The van der Waals surface area contributed by atoms with Crippen molar-refractivity contribution < 1.29 is 9.59 Å². The van der Waals surface area contributed by atoms with Gasteiger partial charge in [-0.05, 0) is 23.8 Å². The summed E-state index contributed by atoms with van der Waals surface area (Å²) < 4.78 is 1.70. The topological polar surface area (TPSA) is 57.6 Å². The lowest BCUT2D eigenvalue weighted by Gasteiger charge is -2.34. The molecule has 3 rings (SSSR count). The molecule has 138 valence electrons. The number of amides is 2. The van der Waals surface area contributed by atoms with Gasteiger partial charge in [-0.2, -0.15) is 0 Å². The van der Waals surface area contributed by atoms with Crippen molar-refractivity contribution in [2.45, 2.75) is 13.5 Å². The summed E-state index contributed by atoms with van der Waals surface area (Å²) in [5.41, 5.74) is 2.45. The van der Waals surface area contributed by atoms with Crippen LogP contribution in [0.1, 0.15) is 23.0 Å². The first-order chi connectivity index (χ1) is 12.4. The van der Waals surface area contributed by atoms with E-state index in [2.05, 4.69) is 10.2 Å². The summed E-state index contributed by atoms with van der Waals surface area (Å²) in [6, 6.07) is 9.50. The lowest BCUT2D eigenvalue weighted by molar-refractivity contribution is -0.130. The van der Waals surface area contributed by atoms with Gasteiger partial charge in [0.25, 0.3) is 5.91 Å². The third kappa shape index (κ3) is 4.45. The van der Waals surface area contributed by atoms with Crippen LogP contribution in [-0.2, 0) is 18.4 Å². The molecule has 1 aliphatic heterocycles. The predicted molar refractivity (Wildman–Crippen MR) is 102 cm³/mol. The highest BCUT2D eigenvalue weighted by atomic mass is 35.5. The third-order valence-electron chi connectivity index (χ3n) is 4.64. The monoisotopic (exact) mass is 374 g/mol. The molecule has 2 aromatic rings. The minimum atomic E-state index is -0.187. The molecule has 1 saturated heterocycles. The van der Waals surface area contributed by atoms with Gasteiger partial charge in [-0.15, -0.1) is 0 Å². The first kappa shape index (κ1) is 18.5. The van der Waals surface area contributed by atoms with Gasteiger partial charge in [-0.25, -0.2) is 0 Å². The molecule has 0 unspecified atom stereocenters. The number of nitrogens with zero attached hydrogens (tertiary/aromatic N) is 3. The van der Waals surface area contributed by atoms with Gasteiger partial charge < -0.3 is 14.8 Å². The Balaban J connectivity index is 1.55. The van der Waals surface area contributed by atoms with Crippen LogP contribution in [0, 0.1) is 0 Å². The molecule has 0 saturated carbocycles. The fraction of sp³-hybridized carbons (Fsp3) is 0.368. The van der Waals surface area contributed by atoms with E-state index >= 15 is 0 Å². The fourth-order valence-electron chi connectivity index (χ4n) is 3.12. The molecule has 0 atom stereocenters. The smallest absolute Gasteiger partial charge is 0.272 e. The molecular formula is C19H23ClN4O2. The van der Waals surface area contributed by atoms with Gasteiger partial charge >= 0.3 is 0 Å². The Morgan fingerprint density at radius 1 is 1.12 bits per heavy atom. The minimum Gasteiger partial charge on any atom is -0.345 e. The van der Waals surface area contributed by atoms with E-state index in [1.165, 1.54) is 5.56 Å². The number of piperazine rings is 1. The van der Waals surface area contributed by atoms with E-state index in [4.69, 9.17) is 11.6 Å². The molecule has 7 heteroatoms. The summed E-state index contributed by atoms with van der Waals surface area (Å²) >= 11 is 5.93. The van der Waals surface area contributed by atoms with E-state index in [-0.39, 0.29) is 11.8 Å². The molecular weight excluding hydrogens is 352 g/mol. The number of carbonyl (C=O) groups excluding carboxylic acids is 2. The van der Waals surface area contributed by atoms with E-state index in [0.29, 0.717) is 10.7 Å². The average molecular weight is 375 g/mol. The van der Waals surface area contributed by atoms with Crippen LogP contribution in [0.4, 0.5) is 5.69 Å². The SMILES string of the molecule is CC(=O)N1CCN(Cc2ccc(NC(=O)c3cc(Cl)cn3C)cc2)CC1. The number of hydrogen-bond acceptors (Lipinski definition) is 3. The number of hydrogen-bond donors (Lipinski definition) is 1. The van der Waals surface area contributed by atoms with Gasteiger partial charge in [0.15, 0.2) is 0 Å². The van der Waals surface area contributed by atoms with Gasteiger partial charge in [0.2, 0.25) is 5.91 Å². The zero-order chi connectivity index (χ0) is 18.7. The maximum absolute atomic E-state index is 12.3. The Kier molecular flexibility index (Phi) is 5.64. The van der Waals surface area contributed by atoms with Crippen LogP contribution in [0.2, 0.25) is 5.02 Å². The highest BCUT2D eigenvalue weighted by Crippen LogP contribution is 2.17. The van der Waals surface area contributed by atoms with Crippen molar-refractivity contribution in [1.82, 2.24) is 14.4 Å². The molecule has 1 aromatic carbocycles. The summed E-state index contributed by atoms with van der Waals surface area (Å²) in [5.74, 6) is -0.0447. The second-order valence-electron chi connectivity index (χ2n) is 6.59. The van der Waals surface area contributed by atoms with E-state index in [9.17, 15) is 9.59 Å². The maximum atomic E-state index is 12.3. The Hall–Kier alpha value is -2.31. The van der Waals surface area contributed by atoms with Crippen molar-refractivity contribution in [3.05, 3.63) is 52.8 Å². The molecule has 6 nitrogen and oxygen atoms in total. The molecule has 0 bridgehead atoms. The molecule has 0 radical (unpaired) electrons. The first-order valence-corrected chi connectivity index (χ1v) is 9.00. The summed E-state index contributed by atoms with van der Waals surface area (Å²) in [6.45, 7) is 5.78. The largest absolute Gasteiger partial charge is 0.345 e. The number of benzene rings is 1. The Bertz CT molecular complexity index is 792. The predicted octanol–water partition coefficient (Wildman–Crippen LogP) is 2.59. The van der Waals surface area contributed by atoms with Gasteiger partial charge in [0.05, 0.1) is 5.02 Å². The normalized spacial score (nSPS) is 15.1. The van der Waals surface area contributed by atoms with E-state index < -0.39 is 0 Å². The van der Waals surface area contributed by atoms with E-state index in [1.807, 2.05) is 29.2 Å². The van der Waals surface area contributed by atoms with Crippen molar-refractivity contribution in [3.63, 3.8) is 0 Å². The Labute approximate surface area is 158 Å². The van der Waals surface area contributed by atoms with Gasteiger partial charge in [-0.1, -0.05) is 23.7 Å². The summed E-state index contributed by atoms with van der Waals surface area (Å²) in [7, 11) is 1.79. The summed E-state index contributed by atoms with van der Waals surface area (Å²) in [5, 5.41) is 3.43. The van der Waals surface area contributed by atoms with Crippen molar-refractivity contribution >= 4 is 29.1 Å². The van der Waals surface area contributed by atoms with Crippen molar-refractivity contribution in [2.75, 3.05) is 31.5 Å². The van der Waals surface area contributed by atoms with Crippen molar-refractivity contribution in [3.8, 4) is 0 Å². The lowest BCUT2D eigenvalue weighted by Crippen LogP contribution is -2.47. The molecule has 2 heterocycles. The van der Waals surface area contributed by atoms with Crippen LogP contribution in [0.5, 0.6) is 0 Å². The number of carbonyl (C=O) groups is 2.